The second-order valence-electron chi connectivity index (χ2n) is 6.51. The van der Waals surface area contributed by atoms with E-state index in [9.17, 15) is 10.1 Å². The second kappa shape index (κ2) is 12.1. The molecule has 1 rings (SSSR count). The Kier molecular flexibility index (Phi) is 10.5. The fraction of sp³-hybridized carbons (Fsp3) is 0.632. The van der Waals surface area contributed by atoms with Crippen molar-refractivity contribution in [3.8, 4) is 0 Å². The van der Waals surface area contributed by atoms with Gasteiger partial charge in [0.05, 0.1) is 23.8 Å². The molecule has 0 aliphatic heterocycles. The van der Waals surface area contributed by atoms with Crippen molar-refractivity contribution in [2.75, 3.05) is 71.8 Å². The van der Waals surface area contributed by atoms with Crippen LogP contribution in [0.2, 0.25) is 0 Å². The maximum atomic E-state index is 11.4. The Balaban J connectivity index is 3.47. The number of non-ortho nitro benzene ring substituents is 1. The molecule has 8 heteroatoms. The quantitative estimate of drug-likeness (QED) is 0.306. The van der Waals surface area contributed by atoms with Gasteiger partial charge in [0.15, 0.2) is 0 Å². The third-order valence-corrected chi connectivity index (χ3v) is 6.30. The molecule has 0 N–H and O–H groups in total. The molecule has 0 spiro atoms. The molecule has 0 aromatic heterocycles. The highest BCUT2D eigenvalue weighted by molar-refractivity contribution is 8.15. The summed E-state index contributed by atoms with van der Waals surface area (Å²) in [5.41, 5.74) is 2.12. The topological polar surface area (TPSA) is 68.1 Å². The fourth-order valence-corrected chi connectivity index (χ4v) is 4.90. The molecule has 0 saturated heterocycles. The number of hydrogen-bond acceptors (Lipinski definition) is 6. The summed E-state index contributed by atoms with van der Waals surface area (Å²) in [6.07, 6.45) is 0. The van der Waals surface area contributed by atoms with Crippen LogP contribution in [0.25, 0.3) is 0 Å². The first kappa shape index (κ1) is 23.6. The van der Waals surface area contributed by atoms with E-state index in [-0.39, 0.29) is 21.1 Å². The van der Waals surface area contributed by atoms with Gasteiger partial charge in [-0.25, -0.2) is 0 Å². The molecule has 1 aromatic carbocycles. The van der Waals surface area contributed by atoms with E-state index in [4.69, 9.17) is 9.47 Å². The van der Waals surface area contributed by atoms with Crippen molar-refractivity contribution in [1.82, 2.24) is 4.90 Å². The maximum Gasteiger partial charge on any atom is 0.270 e. The van der Waals surface area contributed by atoms with E-state index < -0.39 is 0 Å². The molecule has 0 heterocycles. The molecule has 154 valence electrons. The molecule has 0 amide bonds. The maximum absolute atomic E-state index is 11.4. The monoisotopic (exact) mass is 399 g/mol. The van der Waals surface area contributed by atoms with Crippen LogP contribution in [0.5, 0.6) is 0 Å². The molecule has 7 nitrogen and oxygen atoms in total. The number of ether oxygens (including phenoxy) is 2. The average Bonchev–Trinajstić information content (AvgIpc) is 2.62. The molecular formula is C19H33N3O4S. The van der Waals surface area contributed by atoms with Crippen LogP contribution in [-0.4, -0.2) is 82.1 Å². The van der Waals surface area contributed by atoms with Gasteiger partial charge in [0.2, 0.25) is 0 Å². The standard InChI is InChI=1S/C19H33N3O4S/c1-7-27(13-10-20(3)4)18-15-17(22(23)24)14-16(2)19(18)21(8-11-25-5)9-12-26-6/h7,14-15H,8-13H2,1-6H3. The molecule has 1 atom stereocenters. The lowest BCUT2D eigenvalue weighted by molar-refractivity contribution is -0.385. The van der Waals surface area contributed by atoms with Crippen molar-refractivity contribution in [2.45, 2.75) is 18.7 Å². The van der Waals surface area contributed by atoms with E-state index in [1.807, 2.05) is 27.9 Å². The minimum absolute atomic E-state index is 0.147. The first-order valence-electron chi connectivity index (χ1n) is 9.01. The highest BCUT2D eigenvalue weighted by atomic mass is 32.2. The number of nitrogens with zero attached hydrogens (tertiary/aromatic N) is 3. The largest absolute Gasteiger partial charge is 0.383 e. The van der Waals surface area contributed by atoms with Crippen LogP contribution >= 0.6 is 10.5 Å². The zero-order valence-electron chi connectivity index (χ0n) is 17.4. The number of methoxy groups -OCH3 is 2. The van der Waals surface area contributed by atoms with Crippen LogP contribution in [0.3, 0.4) is 0 Å². The summed E-state index contributed by atoms with van der Waals surface area (Å²) in [4.78, 5) is 16.5. The molecule has 1 aromatic rings. The number of anilines is 1. The summed E-state index contributed by atoms with van der Waals surface area (Å²) in [6.45, 7) is 7.49. The zero-order chi connectivity index (χ0) is 20.4. The summed E-state index contributed by atoms with van der Waals surface area (Å²) >= 11 is 0. The minimum atomic E-state index is -0.307. The van der Waals surface area contributed by atoms with Gasteiger partial charge in [0.25, 0.3) is 5.69 Å². The van der Waals surface area contributed by atoms with E-state index in [0.29, 0.717) is 26.3 Å². The third kappa shape index (κ3) is 7.21. The van der Waals surface area contributed by atoms with E-state index in [1.165, 1.54) is 0 Å². The van der Waals surface area contributed by atoms with Crippen molar-refractivity contribution in [2.24, 2.45) is 0 Å². The molecule has 0 bridgehead atoms. The first-order valence-corrected chi connectivity index (χ1v) is 10.5. The van der Waals surface area contributed by atoms with Crippen LogP contribution in [0.4, 0.5) is 11.4 Å². The van der Waals surface area contributed by atoms with Gasteiger partial charge in [0, 0.05) is 56.6 Å². The molecule has 0 saturated carbocycles. The molecule has 0 fully saturated rings. The number of hydrogen-bond donors (Lipinski definition) is 0. The van der Waals surface area contributed by atoms with Crippen LogP contribution in [0, 0.1) is 17.0 Å². The summed E-state index contributed by atoms with van der Waals surface area (Å²) < 4.78 is 10.6. The lowest BCUT2D eigenvalue weighted by atomic mass is 10.1. The zero-order valence-corrected chi connectivity index (χ0v) is 18.2. The van der Waals surface area contributed by atoms with E-state index in [0.717, 1.165) is 28.4 Å². The second-order valence-corrected chi connectivity index (χ2v) is 8.69. The van der Waals surface area contributed by atoms with Crippen LogP contribution < -0.4 is 4.90 Å². The summed E-state index contributed by atoms with van der Waals surface area (Å²) in [6, 6.07) is 3.41. The summed E-state index contributed by atoms with van der Waals surface area (Å²) in [5.74, 6) is 0.930. The van der Waals surface area contributed by atoms with Crippen molar-refractivity contribution in [3.63, 3.8) is 0 Å². The Bertz CT molecular complexity index is 642. The van der Waals surface area contributed by atoms with E-state index in [1.54, 1.807) is 26.4 Å². The van der Waals surface area contributed by atoms with Crippen molar-refractivity contribution >= 4 is 27.2 Å². The van der Waals surface area contributed by atoms with Gasteiger partial charge in [-0.05, 0) is 33.5 Å². The highest BCUT2D eigenvalue weighted by Crippen LogP contribution is 2.40. The van der Waals surface area contributed by atoms with Gasteiger partial charge in [-0.3, -0.25) is 10.1 Å². The van der Waals surface area contributed by atoms with Gasteiger partial charge < -0.3 is 19.3 Å². The smallest absolute Gasteiger partial charge is 0.270 e. The Morgan fingerprint density at radius 2 is 1.74 bits per heavy atom. The molecule has 1 unspecified atom stereocenters. The first-order chi connectivity index (χ1) is 12.8. The van der Waals surface area contributed by atoms with Gasteiger partial charge in [0.1, 0.15) is 0 Å². The number of benzene rings is 1. The van der Waals surface area contributed by atoms with Gasteiger partial charge in [-0.1, -0.05) is 5.37 Å². The van der Waals surface area contributed by atoms with Crippen molar-refractivity contribution in [3.05, 3.63) is 27.8 Å². The van der Waals surface area contributed by atoms with Gasteiger partial charge >= 0.3 is 0 Å². The molecular weight excluding hydrogens is 366 g/mol. The Labute approximate surface area is 165 Å². The fourth-order valence-electron chi connectivity index (χ4n) is 2.81. The number of nitro groups is 1. The highest BCUT2D eigenvalue weighted by Gasteiger charge is 2.21. The molecule has 27 heavy (non-hydrogen) atoms. The van der Waals surface area contributed by atoms with E-state index in [2.05, 4.69) is 15.2 Å². The summed E-state index contributed by atoms with van der Waals surface area (Å²) in [5, 5.41) is 13.6. The Hall–Kier alpha value is -1.48. The SMILES string of the molecule is C/C=S(/CCN(C)C)c1cc([N+](=O)[O-])cc(C)c1N(CCOC)CCOC. The van der Waals surface area contributed by atoms with Crippen LogP contribution in [0.15, 0.2) is 17.0 Å². The van der Waals surface area contributed by atoms with Crippen molar-refractivity contribution < 1.29 is 14.4 Å². The third-order valence-electron chi connectivity index (χ3n) is 4.23. The van der Waals surface area contributed by atoms with Crippen LogP contribution in [-0.2, 0) is 9.47 Å². The van der Waals surface area contributed by atoms with Gasteiger partial charge in [-0.15, -0.1) is 0 Å². The Morgan fingerprint density at radius 3 is 2.19 bits per heavy atom. The van der Waals surface area contributed by atoms with Gasteiger partial charge in [-0.2, -0.15) is 10.5 Å². The number of rotatable bonds is 12. The van der Waals surface area contributed by atoms with E-state index >= 15 is 0 Å². The Morgan fingerprint density at radius 1 is 1.15 bits per heavy atom. The molecule has 0 radical (unpaired) electrons. The summed E-state index contributed by atoms with van der Waals surface area (Å²) in [7, 11) is 7.25. The number of nitro benzene ring substituents is 1. The lowest BCUT2D eigenvalue weighted by Gasteiger charge is -2.29. The predicted molar refractivity (Wildman–Crippen MR) is 115 cm³/mol. The lowest BCUT2D eigenvalue weighted by Crippen LogP contribution is -2.32. The van der Waals surface area contributed by atoms with Crippen molar-refractivity contribution in [1.29, 1.82) is 0 Å². The van der Waals surface area contributed by atoms with Crippen LogP contribution in [0.1, 0.15) is 12.5 Å². The average molecular weight is 400 g/mol. The normalized spacial score (nSPS) is 12.6. The predicted octanol–water partition coefficient (Wildman–Crippen LogP) is 3.01. The number of aryl methyl sites for hydroxylation is 1. The molecule has 0 aliphatic carbocycles. The molecule has 0 aliphatic rings. The minimum Gasteiger partial charge on any atom is -0.383 e.